The molecule has 1 heterocycles. The normalized spacial score (nSPS) is 22.1. The Bertz CT molecular complexity index is 132. The monoisotopic (exact) mass is 171 g/mol. The van der Waals surface area contributed by atoms with Gasteiger partial charge in [-0.1, -0.05) is 6.08 Å². The Hall–Kier alpha value is -0.380. The number of aliphatic hydroxyl groups excluding tert-OH is 1. The van der Waals surface area contributed by atoms with Crippen molar-refractivity contribution in [3.8, 4) is 0 Å². The summed E-state index contributed by atoms with van der Waals surface area (Å²) < 4.78 is 5.21. The van der Waals surface area contributed by atoms with Crippen molar-refractivity contribution in [1.29, 1.82) is 0 Å². The van der Waals surface area contributed by atoms with Crippen LogP contribution in [0.5, 0.6) is 0 Å². The Morgan fingerprint density at radius 1 is 1.50 bits per heavy atom. The van der Waals surface area contributed by atoms with E-state index in [-0.39, 0.29) is 6.10 Å². The lowest BCUT2D eigenvalue weighted by atomic mass is 10.2. The van der Waals surface area contributed by atoms with Crippen molar-refractivity contribution >= 4 is 0 Å². The van der Waals surface area contributed by atoms with Crippen LogP contribution in [0.3, 0.4) is 0 Å². The van der Waals surface area contributed by atoms with Gasteiger partial charge in [-0.05, 0) is 6.42 Å². The van der Waals surface area contributed by atoms with E-state index in [2.05, 4.69) is 11.5 Å². The van der Waals surface area contributed by atoms with Crippen LogP contribution in [0.1, 0.15) is 6.42 Å². The third-order valence-corrected chi connectivity index (χ3v) is 2.12. The summed E-state index contributed by atoms with van der Waals surface area (Å²) in [4.78, 5) is 2.30. The fraction of sp³-hybridized carbons (Fsp3) is 0.778. The Kier molecular flexibility index (Phi) is 4.29. The zero-order valence-electron chi connectivity index (χ0n) is 7.41. The molecule has 0 amide bonds. The minimum atomic E-state index is -0.354. The molecule has 0 aromatic heterocycles. The van der Waals surface area contributed by atoms with E-state index in [4.69, 9.17) is 4.74 Å². The molecule has 1 aliphatic rings. The van der Waals surface area contributed by atoms with Crippen LogP contribution in [-0.4, -0.2) is 49.0 Å². The molecule has 0 radical (unpaired) electrons. The van der Waals surface area contributed by atoms with Crippen molar-refractivity contribution in [3.05, 3.63) is 12.7 Å². The molecule has 3 heteroatoms. The van der Waals surface area contributed by atoms with Crippen molar-refractivity contribution in [2.24, 2.45) is 0 Å². The van der Waals surface area contributed by atoms with Gasteiger partial charge < -0.3 is 9.84 Å². The summed E-state index contributed by atoms with van der Waals surface area (Å²) in [7, 11) is 0. The second-order valence-corrected chi connectivity index (χ2v) is 3.05. The van der Waals surface area contributed by atoms with E-state index in [0.29, 0.717) is 0 Å². The predicted octanol–water partition coefficient (Wildman–Crippen LogP) is 0.256. The molecule has 1 atom stereocenters. The molecule has 0 bridgehead atoms. The van der Waals surface area contributed by atoms with Crippen molar-refractivity contribution in [1.82, 2.24) is 4.90 Å². The van der Waals surface area contributed by atoms with Crippen LogP contribution in [0.15, 0.2) is 12.7 Å². The van der Waals surface area contributed by atoms with Gasteiger partial charge in [-0.2, -0.15) is 0 Å². The molecule has 0 aliphatic carbocycles. The van der Waals surface area contributed by atoms with Crippen LogP contribution in [0.25, 0.3) is 0 Å². The number of rotatable bonds is 4. The number of hydrogen-bond donors (Lipinski definition) is 1. The van der Waals surface area contributed by atoms with Crippen LogP contribution in [0.4, 0.5) is 0 Å². The van der Waals surface area contributed by atoms with Crippen LogP contribution >= 0.6 is 0 Å². The molecular formula is C9H17NO2. The Morgan fingerprint density at radius 2 is 2.17 bits per heavy atom. The van der Waals surface area contributed by atoms with Crippen molar-refractivity contribution in [3.63, 3.8) is 0 Å². The molecule has 12 heavy (non-hydrogen) atoms. The van der Waals surface area contributed by atoms with Crippen molar-refractivity contribution in [2.75, 3.05) is 32.8 Å². The summed E-state index contributed by atoms with van der Waals surface area (Å²) in [6.07, 6.45) is 2.01. The van der Waals surface area contributed by atoms with Gasteiger partial charge >= 0.3 is 0 Å². The second-order valence-electron chi connectivity index (χ2n) is 3.05. The Labute approximate surface area is 73.6 Å². The van der Waals surface area contributed by atoms with Crippen LogP contribution < -0.4 is 0 Å². The fourth-order valence-corrected chi connectivity index (χ4v) is 1.26. The number of morpholine rings is 1. The molecule has 70 valence electrons. The van der Waals surface area contributed by atoms with E-state index >= 15 is 0 Å². The van der Waals surface area contributed by atoms with Crippen molar-refractivity contribution < 1.29 is 9.84 Å². The first kappa shape index (κ1) is 9.71. The minimum Gasteiger partial charge on any atom is -0.389 e. The Morgan fingerprint density at radius 3 is 2.75 bits per heavy atom. The molecule has 1 aliphatic heterocycles. The van der Waals surface area contributed by atoms with Crippen molar-refractivity contribution in [2.45, 2.75) is 12.5 Å². The van der Waals surface area contributed by atoms with E-state index in [1.54, 1.807) is 6.08 Å². The second kappa shape index (κ2) is 5.30. The maximum absolute atomic E-state index is 9.21. The molecule has 1 fully saturated rings. The summed E-state index contributed by atoms with van der Waals surface area (Å²) in [5, 5.41) is 9.21. The summed E-state index contributed by atoms with van der Waals surface area (Å²) in [5.74, 6) is 0. The number of nitrogens with zero attached hydrogens (tertiary/aromatic N) is 1. The lowest BCUT2D eigenvalue weighted by molar-refractivity contribution is 0.0328. The third kappa shape index (κ3) is 3.34. The summed E-state index contributed by atoms with van der Waals surface area (Å²) >= 11 is 0. The molecule has 1 rings (SSSR count). The molecule has 1 unspecified atom stereocenters. The predicted molar refractivity (Wildman–Crippen MR) is 48.1 cm³/mol. The third-order valence-electron chi connectivity index (χ3n) is 2.12. The average Bonchev–Trinajstić information content (AvgIpc) is 2.16. The molecule has 1 N–H and O–H groups in total. The maximum Gasteiger partial charge on any atom is 0.0730 e. The molecule has 0 saturated carbocycles. The first-order valence-corrected chi connectivity index (χ1v) is 4.43. The SMILES string of the molecule is C=CC(O)CCN1CCOCC1. The average molecular weight is 171 g/mol. The first-order valence-electron chi connectivity index (χ1n) is 4.43. The van der Waals surface area contributed by atoms with Crippen LogP contribution in [0, 0.1) is 0 Å². The molecule has 0 aromatic rings. The molecule has 1 saturated heterocycles. The molecule has 3 nitrogen and oxygen atoms in total. The summed E-state index contributed by atoms with van der Waals surface area (Å²) in [6.45, 7) is 8.10. The van der Waals surface area contributed by atoms with Gasteiger partial charge in [-0.3, -0.25) is 4.90 Å². The largest absolute Gasteiger partial charge is 0.389 e. The van der Waals surface area contributed by atoms with Gasteiger partial charge in [-0.25, -0.2) is 0 Å². The van der Waals surface area contributed by atoms with Gasteiger partial charge in [0.05, 0.1) is 19.3 Å². The fourth-order valence-electron chi connectivity index (χ4n) is 1.26. The highest BCUT2D eigenvalue weighted by atomic mass is 16.5. The van der Waals surface area contributed by atoms with Gasteiger partial charge in [-0.15, -0.1) is 6.58 Å². The molecule has 0 spiro atoms. The lowest BCUT2D eigenvalue weighted by Gasteiger charge is -2.26. The standard InChI is InChI=1S/C9H17NO2/c1-2-9(11)3-4-10-5-7-12-8-6-10/h2,9,11H,1,3-8H2. The highest BCUT2D eigenvalue weighted by molar-refractivity contribution is 4.79. The smallest absolute Gasteiger partial charge is 0.0730 e. The van der Waals surface area contributed by atoms with Gasteiger partial charge in [0.15, 0.2) is 0 Å². The summed E-state index contributed by atoms with van der Waals surface area (Å²) in [5.41, 5.74) is 0. The molecular weight excluding hydrogens is 154 g/mol. The topological polar surface area (TPSA) is 32.7 Å². The minimum absolute atomic E-state index is 0.354. The van der Waals surface area contributed by atoms with Gasteiger partial charge in [0.2, 0.25) is 0 Å². The summed E-state index contributed by atoms with van der Waals surface area (Å²) in [6, 6.07) is 0. The van der Waals surface area contributed by atoms with E-state index < -0.39 is 0 Å². The van der Waals surface area contributed by atoms with E-state index in [0.717, 1.165) is 39.3 Å². The van der Waals surface area contributed by atoms with Gasteiger partial charge in [0, 0.05) is 19.6 Å². The van der Waals surface area contributed by atoms with E-state index in [9.17, 15) is 5.11 Å². The molecule has 0 aromatic carbocycles. The lowest BCUT2D eigenvalue weighted by Crippen LogP contribution is -2.37. The first-order chi connectivity index (χ1) is 5.83. The van der Waals surface area contributed by atoms with Gasteiger partial charge in [0.1, 0.15) is 0 Å². The number of hydrogen-bond acceptors (Lipinski definition) is 3. The number of aliphatic hydroxyl groups is 1. The van der Waals surface area contributed by atoms with Crippen LogP contribution in [-0.2, 0) is 4.74 Å². The van der Waals surface area contributed by atoms with E-state index in [1.165, 1.54) is 0 Å². The number of ether oxygens (including phenoxy) is 1. The van der Waals surface area contributed by atoms with Gasteiger partial charge in [0.25, 0.3) is 0 Å². The highest BCUT2D eigenvalue weighted by Crippen LogP contribution is 2.00. The zero-order chi connectivity index (χ0) is 8.81. The van der Waals surface area contributed by atoms with E-state index in [1.807, 2.05) is 0 Å². The maximum atomic E-state index is 9.21. The quantitative estimate of drug-likeness (QED) is 0.616. The zero-order valence-corrected chi connectivity index (χ0v) is 7.41. The van der Waals surface area contributed by atoms with Crippen LogP contribution in [0.2, 0.25) is 0 Å². The Balaban J connectivity index is 2.08. The highest BCUT2D eigenvalue weighted by Gasteiger charge is 2.10.